The van der Waals surface area contributed by atoms with Gasteiger partial charge >= 0.3 is 23.9 Å². The van der Waals surface area contributed by atoms with Gasteiger partial charge in [-0.15, -0.1) is 0 Å². The summed E-state index contributed by atoms with van der Waals surface area (Å²) in [6.45, 7) is 3.55. The van der Waals surface area contributed by atoms with E-state index in [1.54, 1.807) is 0 Å². The van der Waals surface area contributed by atoms with Gasteiger partial charge in [0, 0.05) is 27.7 Å². The average molecular weight is 509 g/mol. The van der Waals surface area contributed by atoms with E-state index in [0.717, 1.165) is 40.1 Å². The normalized spacial score (nSPS) is 24.9. The molecular formula is C18H21ClN2O11S. The van der Waals surface area contributed by atoms with E-state index in [2.05, 4.69) is 9.97 Å². The van der Waals surface area contributed by atoms with Gasteiger partial charge in [0.1, 0.15) is 12.7 Å². The quantitative estimate of drug-likeness (QED) is 0.273. The van der Waals surface area contributed by atoms with Gasteiger partial charge in [-0.3, -0.25) is 19.2 Å². The highest BCUT2D eigenvalue weighted by Gasteiger charge is 2.57. The van der Waals surface area contributed by atoms with Gasteiger partial charge in [-0.05, 0) is 0 Å². The third-order valence-corrected chi connectivity index (χ3v) is 6.01. The van der Waals surface area contributed by atoms with Crippen LogP contribution in [0.15, 0.2) is 17.6 Å². The third-order valence-electron chi connectivity index (χ3n) is 4.11. The molecule has 182 valence electrons. The number of hydrogen-bond acceptors (Lipinski definition) is 13. The number of aromatic nitrogens is 2. The lowest BCUT2D eigenvalue weighted by atomic mass is 9.99. The van der Waals surface area contributed by atoms with Crippen molar-refractivity contribution < 1.29 is 51.3 Å². The first-order valence-electron chi connectivity index (χ1n) is 9.34. The Morgan fingerprint density at radius 2 is 1.36 bits per heavy atom. The third kappa shape index (κ3) is 6.82. The number of halogens is 1. The van der Waals surface area contributed by atoms with E-state index in [4.69, 9.17) is 35.3 Å². The van der Waals surface area contributed by atoms with Crippen LogP contribution in [0.25, 0.3) is 0 Å². The van der Waals surface area contributed by atoms with Gasteiger partial charge in [0.2, 0.25) is 20.4 Å². The van der Waals surface area contributed by atoms with Gasteiger partial charge in [-0.2, -0.15) is 0 Å². The summed E-state index contributed by atoms with van der Waals surface area (Å²) in [5, 5.41) is -0.678. The van der Waals surface area contributed by atoms with Gasteiger partial charge < -0.3 is 23.7 Å². The second-order valence-electron chi connectivity index (χ2n) is 6.80. The molecule has 1 aliphatic rings. The minimum atomic E-state index is -4.62. The predicted molar refractivity (Wildman–Crippen MR) is 106 cm³/mol. The topological polar surface area (TPSA) is 174 Å². The van der Waals surface area contributed by atoms with Crippen molar-refractivity contribution in [2.45, 2.75) is 62.7 Å². The van der Waals surface area contributed by atoms with Gasteiger partial charge in [0.25, 0.3) is 0 Å². The molecule has 0 saturated carbocycles. The Morgan fingerprint density at radius 3 is 1.85 bits per heavy atom. The van der Waals surface area contributed by atoms with Crippen molar-refractivity contribution in [1.29, 1.82) is 0 Å². The Balaban J connectivity index is 2.62. The second kappa shape index (κ2) is 10.9. The summed E-state index contributed by atoms with van der Waals surface area (Å²) in [6.07, 6.45) is -4.32. The van der Waals surface area contributed by atoms with Crippen molar-refractivity contribution in [2.75, 3.05) is 6.61 Å². The number of hydrogen-bond donors (Lipinski definition) is 0. The molecule has 1 aromatic rings. The van der Waals surface area contributed by atoms with Crippen LogP contribution in [0.1, 0.15) is 27.7 Å². The minimum absolute atomic E-state index is 0.0514. The van der Waals surface area contributed by atoms with Gasteiger partial charge in [0.15, 0.2) is 18.3 Å². The van der Waals surface area contributed by atoms with Crippen molar-refractivity contribution in [3.05, 3.63) is 17.4 Å². The minimum Gasteiger partial charge on any atom is -0.463 e. The lowest BCUT2D eigenvalue weighted by Gasteiger charge is -2.43. The van der Waals surface area contributed by atoms with E-state index < -0.39 is 75.3 Å². The van der Waals surface area contributed by atoms with Crippen molar-refractivity contribution in [1.82, 2.24) is 9.97 Å². The summed E-state index contributed by atoms with van der Waals surface area (Å²) < 4.78 is 52.6. The van der Waals surface area contributed by atoms with E-state index >= 15 is 0 Å². The molecular weight excluding hydrogens is 488 g/mol. The first kappa shape index (κ1) is 26.4. The lowest BCUT2D eigenvalue weighted by molar-refractivity contribution is -0.238. The van der Waals surface area contributed by atoms with Crippen LogP contribution in [0.2, 0.25) is 5.02 Å². The summed E-state index contributed by atoms with van der Waals surface area (Å²) in [7, 11) is -4.62. The summed E-state index contributed by atoms with van der Waals surface area (Å²) in [6, 6.07) is 0. The molecule has 2 heterocycles. The summed E-state index contributed by atoms with van der Waals surface area (Å²) >= 11 is 5.71. The molecule has 1 aromatic heterocycles. The molecule has 0 bridgehead atoms. The molecule has 33 heavy (non-hydrogen) atoms. The molecule has 1 fully saturated rings. The number of nitrogens with zero attached hydrogens (tertiary/aromatic N) is 2. The van der Waals surface area contributed by atoms with Crippen LogP contribution in [-0.4, -0.2) is 78.7 Å². The Kier molecular flexibility index (Phi) is 8.69. The molecule has 0 aliphatic carbocycles. The van der Waals surface area contributed by atoms with Crippen LogP contribution in [-0.2, 0) is 52.7 Å². The summed E-state index contributed by atoms with van der Waals surface area (Å²) in [4.78, 5) is 53.9. The summed E-state index contributed by atoms with van der Waals surface area (Å²) in [5.74, 6) is -3.44. The zero-order valence-corrected chi connectivity index (χ0v) is 19.5. The van der Waals surface area contributed by atoms with Crippen LogP contribution >= 0.6 is 11.6 Å². The highest BCUT2D eigenvalue weighted by molar-refractivity contribution is 7.91. The van der Waals surface area contributed by atoms with E-state index in [0.29, 0.717) is 0 Å². The Morgan fingerprint density at radius 1 is 0.879 bits per heavy atom. The summed E-state index contributed by atoms with van der Waals surface area (Å²) in [5.41, 5.74) is -2.03. The van der Waals surface area contributed by atoms with Gasteiger partial charge in [0.05, 0.1) is 17.4 Å². The SMILES string of the molecule is CC(=O)OC[C@H]1OC(S(=O)(=O)c2ncc(Cl)cn2)[C@H](OC(C)=O)[C@@H](OC(C)=O)[C@@H]1OC(C)=O. The fourth-order valence-electron chi connectivity index (χ4n) is 2.99. The number of rotatable bonds is 7. The largest absolute Gasteiger partial charge is 0.463 e. The van der Waals surface area contributed by atoms with E-state index in [1.165, 1.54) is 0 Å². The molecule has 2 rings (SSSR count). The number of sulfone groups is 1. The maximum atomic E-state index is 13.3. The maximum absolute atomic E-state index is 13.3. The highest BCUT2D eigenvalue weighted by atomic mass is 35.5. The second-order valence-corrected chi connectivity index (χ2v) is 9.15. The molecule has 13 nitrogen and oxygen atoms in total. The van der Waals surface area contributed by atoms with Crippen LogP contribution in [0.5, 0.6) is 0 Å². The molecule has 0 spiro atoms. The monoisotopic (exact) mass is 508 g/mol. The fourth-order valence-corrected chi connectivity index (χ4v) is 4.55. The predicted octanol–water partition coefficient (Wildman–Crippen LogP) is -0.0132. The molecule has 15 heteroatoms. The molecule has 1 aliphatic heterocycles. The van der Waals surface area contributed by atoms with E-state index in [9.17, 15) is 27.6 Å². The number of carbonyl (C=O) groups excluding carboxylic acids is 4. The maximum Gasteiger partial charge on any atom is 0.303 e. The van der Waals surface area contributed by atoms with Crippen molar-refractivity contribution in [3.8, 4) is 0 Å². The molecule has 1 saturated heterocycles. The van der Waals surface area contributed by atoms with Crippen LogP contribution < -0.4 is 0 Å². The van der Waals surface area contributed by atoms with E-state index in [-0.39, 0.29) is 5.02 Å². The Labute approximate surface area is 193 Å². The number of ether oxygens (including phenoxy) is 5. The molecule has 1 unspecified atom stereocenters. The molecule has 5 atom stereocenters. The first-order chi connectivity index (χ1) is 15.3. The van der Waals surface area contributed by atoms with Crippen LogP contribution in [0, 0.1) is 0 Å². The van der Waals surface area contributed by atoms with Crippen molar-refractivity contribution in [3.63, 3.8) is 0 Å². The number of esters is 4. The smallest absolute Gasteiger partial charge is 0.303 e. The molecule has 0 radical (unpaired) electrons. The Bertz CT molecular complexity index is 1010. The zero-order valence-electron chi connectivity index (χ0n) is 17.9. The average Bonchev–Trinajstić information content (AvgIpc) is 2.68. The highest BCUT2D eigenvalue weighted by Crippen LogP contribution is 2.33. The van der Waals surface area contributed by atoms with Gasteiger partial charge in [-0.25, -0.2) is 18.4 Å². The van der Waals surface area contributed by atoms with Gasteiger partial charge in [-0.1, -0.05) is 11.6 Å². The lowest BCUT2D eigenvalue weighted by Crippen LogP contribution is -2.64. The molecule has 0 N–H and O–H groups in total. The standard InChI is InChI=1S/C18H21ClN2O11S/c1-8(22)28-7-13-14(29-9(2)23)15(30-10(3)24)16(31-11(4)25)17(32-13)33(26,27)18-20-5-12(19)6-21-18/h5-6,13-17H,7H2,1-4H3/t13-,14-,15+,16-,17?/m1/s1. The van der Waals surface area contributed by atoms with Crippen LogP contribution in [0.4, 0.5) is 0 Å². The van der Waals surface area contributed by atoms with Crippen LogP contribution in [0.3, 0.4) is 0 Å². The molecule has 0 amide bonds. The van der Waals surface area contributed by atoms with E-state index in [1.807, 2.05) is 0 Å². The zero-order chi connectivity index (χ0) is 24.9. The van der Waals surface area contributed by atoms with Crippen molar-refractivity contribution in [2.24, 2.45) is 0 Å². The molecule has 0 aromatic carbocycles. The fraction of sp³-hybridized carbons (Fsp3) is 0.556. The number of carbonyl (C=O) groups is 4. The van der Waals surface area contributed by atoms with Crippen molar-refractivity contribution >= 4 is 45.3 Å². The Hall–Kier alpha value is -2.84. The first-order valence-corrected chi connectivity index (χ1v) is 11.3.